The largest absolute Gasteiger partial charge is 0.322 e. The van der Waals surface area contributed by atoms with Gasteiger partial charge in [-0.15, -0.1) is 5.10 Å². The van der Waals surface area contributed by atoms with Crippen molar-refractivity contribution in [3.05, 3.63) is 52.6 Å². The van der Waals surface area contributed by atoms with Crippen LogP contribution in [-0.4, -0.2) is 20.7 Å². The first-order chi connectivity index (χ1) is 11.4. The Morgan fingerprint density at radius 3 is 2.58 bits per heavy atom. The Morgan fingerprint density at radius 2 is 1.96 bits per heavy atom. The van der Waals surface area contributed by atoms with Gasteiger partial charge < -0.3 is 5.32 Å². The number of carbonyl (C=O) groups excluding carboxylic acids is 1. The molecule has 3 rings (SSSR count). The number of rotatable bonds is 3. The van der Waals surface area contributed by atoms with Crippen LogP contribution in [0.4, 0.5) is 10.1 Å². The molecule has 0 aliphatic heterocycles. The van der Waals surface area contributed by atoms with E-state index in [-0.39, 0.29) is 21.6 Å². The molecule has 124 valence electrons. The number of anilines is 1. The summed E-state index contributed by atoms with van der Waals surface area (Å²) in [7, 11) is 1.56. The van der Waals surface area contributed by atoms with Crippen molar-refractivity contribution in [3.63, 3.8) is 0 Å². The molecule has 24 heavy (non-hydrogen) atoms. The summed E-state index contributed by atoms with van der Waals surface area (Å²) < 4.78 is 15.2. The number of fused-ring (bicyclic) bond motifs is 1. The van der Waals surface area contributed by atoms with Crippen molar-refractivity contribution in [1.82, 2.24) is 14.8 Å². The van der Waals surface area contributed by atoms with Crippen LogP contribution in [0.5, 0.6) is 0 Å². The number of hydrogen-bond donors (Lipinski definition) is 1. The monoisotopic (exact) mass is 346 g/mol. The van der Waals surface area contributed by atoms with Crippen molar-refractivity contribution in [1.29, 1.82) is 0 Å². The summed E-state index contributed by atoms with van der Waals surface area (Å²) >= 11 is 6.19. The molecule has 0 aliphatic rings. The lowest BCUT2D eigenvalue weighted by atomic mass is 10.0. The van der Waals surface area contributed by atoms with Gasteiger partial charge in [-0.2, -0.15) is 4.39 Å². The molecule has 3 aromatic rings. The standard InChI is InChI=1S/C17H16ClFN4O/c1-9(2)10-4-6-11(7-5-10)21-17(24)12-8-20-16-13(14(12)18)15(19)22-23(16)3/h4-9H,1-3H3,(H,21,24). The molecule has 2 aromatic heterocycles. The third-order valence-corrected chi connectivity index (χ3v) is 4.22. The van der Waals surface area contributed by atoms with Crippen LogP contribution in [0.3, 0.4) is 0 Å². The number of nitrogens with zero attached hydrogens (tertiary/aromatic N) is 3. The lowest BCUT2D eigenvalue weighted by Gasteiger charge is -2.09. The molecule has 0 spiro atoms. The molecule has 2 heterocycles. The van der Waals surface area contributed by atoms with E-state index in [1.807, 2.05) is 24.3 Å². The number of pyridine rings is 1. The van der Waals surface area contributed by atoms with Crippen LogP contribution in [0, 0.1) is 5.95 Å². The summed E-state index contributed by atoms with van der Waals surface area (Å²) in [6.07, 6.45) is 1.32. The number of nitrogens with one attached hydrogen (secondary N) is 1. The molecule has 0 aliphatic carbocycles. The minimum atomic E-state index is -0.749. The van der Waals surface area contributed by atoms with E-state index in [1.165, 1.54) is 16.4 Å². The van der Waals surface area contributed by atoms with Gasteiger partial charge >= 0.3 is 0 Å². The Kier molecular flexibility index (Phi) is 4.24. The van der Waals surface area contributed by atoms with E-state index in [0.717, 1.165) is 0 Å². The van der Waals surface area contributed by atoms with Gasteiger partial charge in [-0.3, -0.25) is 4.79 Å². The molecule has 0 atom stereocenters. The van der Waals surface area contributed by atoms with Crippen molar-refractivity contribution >= 4 is 34.2 Å². The lowest BCUT2D eigenvalue weighted by molar-refractivity contribution is 0.102. The maximum atomic E-state index is 13.9. The molecule has 1 N–H and O–H groups in total. The number of hydrogen-bond acceptors (Lipinski definition) is 3. The molecule has 0 bridgehead atoms. The summed E-state index contributed by atoms with van der Waals surface area (Å²) in [5, 5.41) is 6.42. The fourth-order valence-corrected chi connectivity index (χ4v) is 2.74. The Balaban J connectivity index is 1.91. The number of aryl methyl sites for hydroxylation is 1. The Labute approximate surface area is 143 Å². The molecule has 7 heteroatoms. The van der Waals surface area contributed by atoms with Crippen molar-refractivity contribution < 1.29 is 9.18 Å². The lowest BCUT2D eigenvalue weighted by Crippen LogP contribution is -2.13. The SMILES string of the molecule is CC(C)c1ccc(NC(=O)c2cnc3c(c(F)nn3C)c2Cl)cc1. The number of halogens is 2. The van der Waals surface area contributed by atoms with Crippen LogP contribution in [-0.2, 0) is 7.05 Å². The van der Waals surface area contributed by atoms with Gasteiger partial charge in [-0.05, 0) is 23.6 Å². The molecule has 0 saturated carbocycles. The van der Waals surface area contributed by atoms with Gasteiger partial charge in [0.15, 0.2) is 5.65 Å². The number of carbonyl (C=O) groups is 1. The molecule has 1 amide bonds. The highest BCUT2D eigenvalue weighted by Gasteiger charge is 2.20. The summed E-state index contributed by atoms with van der Waals surface area (Å²) in [4.78, 5) is 16.5. The Bertz CT molecular complexity index is 918. The van der Waals surface area contributed by atoms with E-state index in [0.29, 0.717) is 11.6 Å². The zero-order valence-corrected chi connectivity index (χ0v) is 14.2. The van der Waals surface area contributed by atoms with Crippen LogP contribution in [0.25, 0.3) is 11.0 Å². The summed E-state index contributed by atoms with van der Waals surface area (Å²) in [6.45, 7) is 4.19. The van der Waals surface area contributed by atoms with Gasteiger partial charge in [0.25, 0.3) is 5.91 Å². The average molecular weight is 347 g/mol. The van der Waals surface area contributed by atoms with E-state index >= 15 is 0 Å². The maximum Gasteiger partial charge on any atom is 0.258 e. The zero-order valence-electron chi connectivity index (χ0n) is 13.5. The van der Waals surface area contributed by atoms with E-state index < -0.39 is 11.9 Å². The quantitative estimate of drug-likeness (QED) is 0.775. The minimum absolute atomic E-state index is 0.00176. The van der Waals surface area contributed by atoms with Crippen LogP contribution < -0.4 is 5.32 Å². The van der Waals surface area contributed by atoms with Gasteiger partial charge in [0.05, 0.1) is 16.0 Å². The summed E-state index contributed by atoms with van der Waals surface area (Å²) in [6, 6.07) is 7.53. The highest BCUT2D eigenvalue weighted by atomic mass is 35.5. The first-order valence-corrected chi connectivity index (χ1v) is 7.84. The molecule has 5 nitrogen and oxygen atoms in total. The second kappa shape index (κ2) is 6.20. The first kappa shape index (κ1) is 16.4. The predicted molar refractivity (Wildman–Crippen MR) is 92.0 cm³/mol. The summed E-state index contributed by atoms with van der Waals surface area (Å²) in [5.74, 6) is -0.791. The van der Waals surface area contributed by atoms with Gasteiger partial charge in [0.2, 0.25) is 5.95 Å². The number of amides is 1. The van der Waals surface area contributed by atoms with E-state index in [4.69, 9.17) is 11.6 Å². The highest BCUT2D eigenvalue weighted by molar-refractivity contribution is 6.38. The molecular weight excluding hydrogens is 331 g/mol. The zero-order chi connectivity index (χ0) is 17.4. The van der Waals surface area contributed by atoms with Crippen LogP contribution in [0.15, 0.2) is 30.5 Å². The Hall–Kier alpha value is -2.47. The fraction of sp³-hybridized carbons (Fsp3) is 0.235. The normalized spacial score (nSPS) is 11.2. The van der Waals surface area contributed by atoms with Crippen LogP contribution >= 0.6 is 11.6 Å². The van der Waals surface area contributed by atoms with E-state index in [1.54, 1.807) is 7.05 Å². The third kappa shape index (κ3) is 2.85. The van der Waals surface area contributed by atoms with Crippen molar-refractivity contribution in [2.24, 2.45) is 7.05 Å². The molecule has 1 aromatic carbocycles. The van der Waals surface area contributed by atoms with E-state index in [2.05, 4.69) is 29.2 Å². The average Bonchev–Trinajstić information content (AvgIpc) is 2.83. The van der Waals surface area contributed by atoms with E-state index in [9.17, 15) is 9.18 Å². The fourth-order valence-electron chi connectivity index (χ4n) is 2.45. The van der Waals surface area contributed by atoms with Crippen molar-refractivity contribution in [2.75, 3.05) is 5.32 Å². The number of aromatic nitrogens is 3. The third-order valence-electron chi connectivity index (χ3n) is 3.83. The van der Waals surface area contributed by atoms with Crippen molar-refractivity contribution in [3.8, 4) is 0 Å². The Morgan fingerprint density at radius 1 is 1.29 bits per heavy atom. The molecule has 0 saturated heterocycles. The van der Waals surface area contributed by atoms with Gasteiger partial charge in [-0.25, -0.2) is 9.67 Å². The van der Waals surface area contributed by atoms with Crippen LogP contribution in [0.2, 0.25) is 5.02 Å². The van der Waals surface area contributed by atoms with Gasteiger partial charge in [0.1, 0.15) is 0 Å². The number of benzene rings is 1. The van der Waals surface area contributed by atoms with Crippen molar-refractivity contribution in [2.45, 2.75) is 19.8 Å². The highest BCUT2D eigenvalue weighted by Crippen LogP contribution is 2.28. The second-order valence-corrected chi connectivity index (χ2v) is 6.21. The van der Waals surface area contributed by atoms with Gasteiger partial charge in [-0.1, -0.05) is 37.6 Å². The topological polar surface area (TPSA) is 59.8 Å². The second-order valence-electron chi connectivity index (χ2n) is 5.83. The first-order valence-electron chi connectivity index (χ1n) is 7.46. The molecule has 0 radical (unpaired) electrons. The summed E-state index contributed by atoms with van der Waals surface area (Å²) in [5.41, 5.74) is 2.19. The minimum Gasteiger partial charge on any atom is -0.322 e. The molecular formula is C17H16ClFN4O. The smallest absolute Gasteiger partial charge is 0.258 e. The van der Waals surface area contributed by atoms with Crippen LogP contribution in [0.1, 0.15) is 35.7 Å². The molecule has 0 unspecified atom stereocenters. The predicted octanol–water partition coefficient (Wildman–Crippen LogP) is 4.14. The van der Waals surface area contributed by atoms with Gasteiger partial charge in [0, 0.05) is 18.9 Å². The molecule has 0 fully saturated rings. The maximum absolute atomic E-state index is 13.9.